The van der Waals surface area contributed by atoms with E-state index in [1.165, 1.54) is 10.9 Å². The number of hydrogen-bond donors (Lipinski definition) is 2. The summed E-state index contributed by atoms with van der Waals surface area (Å²) in [5.74, 6) is 1.05. The topological polar surface area (TPSA) is 41.0 Å². The molecular formula is C17H19ClN2O. The molecule has 110 valence electrons. The molecule has 0 saturated heterocycles. The van der Waals surface area contributed by atoms with Gasteiger partial charge in [0, 0.05) is 41.1 Å². The van der Waals surface area contributed by atoms with Crippen LogP contribution in [-0.4, -0.2) is 11.0 Å². The SMILES string of the molecule is CC(CCc1ccco1)NCc1c[nH]c2cc(Cl)ccc12. The number of nitrogens with one attached hydrogen (secondary N) is 2. The van der Waals surface area contributed by atoms with Crippen molar-refractivity contribution in [3.05, 3.63) is 59.1 Å². The number of halogens is 1. The number of hydrogen-bond acceptors (Lipinski definition) is 2. The number of aromatic amines is 1. The van der Waals surface area contributed by atoms with Gasteiger partial charge in [-0.2, -0.15) is 0 Å². The van der Waals surface area contributed by atoms with Crippen LogP contribution in [0, 0.1) is 0 Å². The van der Waals surface area contributed by atoms with Gasteiger partial charge in [0.05, 0.1) is 6.26 Å². The summed E-state index contributed by atoms with van der Waals surface area (Å²) in [5.41, 5.74) is 2.36. The Kier molecular flexibility index (Phi) is 4.32. The number of rotatable bonds is 6. The van der Waals surface area contributed by atoms with Crippen LogP contribution in [0.1, 0.15) is 24.7 Å². The molecule has 0 aliphatic heterocycles. The van der Waals surface area contributed by atoms with E-state index >= 15 is 0 Å². The Labute approximate surface area is 129 Å². The standard InChI is InChI=1S/C17H19ClN2O/c1-12(4-6-15-3-2-8-21-15)19-10-13-11-20-17-9-14(18)5-7-16(13)17/h2-3,5,7-9,11-12,19-20H,4,6,10H2,1H3. The molecule has 0 aliphatic carbocycles. The summed E-state index contributed by atoms with van der Waals surface area (Å²) in [4.78, 5) is 3.27. The van der Waals surface area contributed by atoms with Crippen molar-refractivity contribution in [2.45, 2.75) is 32.4 Å². The van der Waals surface area contributed by atoms with E-state index in [1.54, 1.807) is 6.26 Å². The lowest BCUT2D eigenvalue weighted by molar-refractivity contribution is 0.460. The predicted molar refractivity (Wildman–Crippen MR) is 86.6 cm³/mol. The number of benzene rings is 1. The lowest BCUT2D eigenvalue weighted by atomic mass is 10.1. The zero-order valence-corrected chi connectivity index (χ0v) is 12.8. The van der Waals surface area contributed by atoms with Crippen molar-refractivity contribution >= 4 is 22.5 Å². The van der Waals surface area contributed by atoms with Crippen molar-refractivity contribution in [3.8, 4) is 0 Å². The van der Waals surface area contributed by atoms with Crippen LogP contribution in [0.15, 0.2) is 47.2 Å². The molecule has 0 fully saturated rings. The molecule has 0 spiro atoms. The van der Waals surface area contributed by atoms with E-state index in [2.05, 4.69) is 23.3 Å². The van der Waals surface area contributed by atoms with Gasteiger partial charge >= 0.3 is 0 Å². The molecular weight excluding hydrogens is 284 g/mol. The fourth-order valence-corrected chi connectivity index (χ4v) is 2.68. The van der Waals surface area contributed by atoms with Gasteiger partial charge in [0.2, 0.25) is 0 Å². The summed E-state index contributed by atoms with van der Waals surface area (Å²) in [6.07, 6.45) is 5.80. The van der Waals surface area contributed by atoms with Gasteiger partial charge in [0.15, 0.2) is 0 Å². The lowest BCUT2D eigenvalue weighted by Gasteiger charge is -2.12. The van der Waals surface area contributed by atoms with Crippen molar-refractivity contribution in [3.63, 3.8) is 0 Å². The predicted octanol–water partition coefficient (Wildman–Crippen LogP) is 4.53. The maximum absolute atomic E-state index is 6.00. The second-order valence-corrected chi connectivity index (χ2v) is 5.84. The van der Waals surface area contributed by atoms with Crippen LogP contribution in [0.3, 0.4) is 0 Å². The summed E-state index contributed by atoms with van der Waals surface area (Å²) in [6, 6.07) is 10.4. The highest BCUT2D eigenvalue weighted by Crippen LogP contribution is 2.22. The minimum Gasteiger partial charge on any atom is -0.469 e. The molecule has 3 nitrogen and oxygen atoms in total. The van der Waals surface area contributed by atoms with Gasteiger partial charge in [0.1, 0.15) is 5.76 Å². The third-order valence-electron chi connectivity index (χ3n) is 3.77. The maximum atomic E-state index is 6.00. The second-order valence-electron chi connectivity index (χ2n) is 5.40. The van der Waals surface area contributed by atoms with Crippen molar-refractivity contribution in [2.75, 3.05) is 0 Å². The van der Waals surface area contributed by atoms with Crippen molar-refractivity contribution in [1.82, 2.24) is 10.3 Å². The minimum atomic E-state index is 0.437. The van der Waals surface area contributed by atoms with Crippen LogP contribution in [0.5, 0.6) is 0 Å². The summed E-state index contributed by atoms with van der Waals surface area (Å²) in [5, 5.41) is 5.55. The van der Waals surface area contributed by atoms with E-state index in [4.69, 9.17) is 16.0 Å². The molecule has 2 heterocycles. The van der Waals surface area contributed by atoms with E-state index < -0.39 is 0 Å². The monoisotopic (exact) mass is 302 g/mol. The average Bonchev–Trinajstić information content (AvgIpc) is 3.12. The number of aromatic nitrogens is 1. The molecule has 2 N–H and O–H groups in total. The number of furan rings is 1. The molecule has 0 amide bonds. The van der Waals surface area contributed by atoms with Gasteiger partial charge in [-0.05, 0) is 43.2 Å². The first kappa shape index (κ1) is 14.2. The van der Waals surface area contributed by atoms with Crippen LogP contribution >= 0.6 is 11.6 Å². The third-order valence-corrected chi connectivity index (χ3v) is 4.01. The Morgan fingerprint density at radius 3 is 3.05 bits per heavy atom. The van der Waals surface area contributed by atoms with Crippen LogP contribution in [0.25, 0.3) is 10.9 Å². The van der Waals surface area contributed by atoms with Crippen molar-refractivity contribution in [1.29, 1.82) is 0 Å². The van der Waals surface area contributed by atoms with Crippen LogP contribution in [0.2, 0.25) is 5.02 Å². The van der Waals surface area contributed by atoms with Gasteiger partial charge in [0.25, 0.3) is 0 Å². The van der Waals surface area contributed by atoms with Crippen molar-refractivity contribution < 1.29 is 4.42 Å². The molecule has 1 atom stereocenters. The molecule has 3 aromatic rings. The second kappa shape index (κ2) is 6.37. The summed E-state index contributed by atoms with van der Waals surface area (Å²) in [7, 11) is 0. The van der Waals surface area contributed by atoms with E-state index in [9.17, 15) is 0 Å². The molecule has 1 unspecified atom stereocenters. The molecule has 1 aromatic carbocycles. The highest BCUT2D eigenvalue weighted by Gasteiger charge is 2.07. The summed E-state index contributed by atoms with van der Waals surface area (Å²) >= 11 is 6.00. The van der Waals surface area contributed by atoms with Crippen LogP contribution in [0.4, 0.5) is 0 Å². The fourth-order valence-electron chi connectivity index (χ4n) is 2.50. The molecule has 3 rings (SSSR count). The van der Waals surface area contributed by atoms with Gasteiger partial charge in [-0.15, -0.1) is 0 Å². The molecule has 4 heteroatoms. The molecule has 0 saturated carbocycles. The van der Waals surface area contributed by atoms with Gasteiger partial charge in [-0.25, -0.2) is 0 Å². The van der Waals surface area contributed by atoms with Crippen LogP contribution < -0.4 is 5.32 Å². The highest BCUT2D eigenvalue weighted by atomic mass is 35.5. The smallest absolute Gasteiger partial charge is 0.103 e. The van der Waals surface area contributed by atoms with E-state index in [0.29, 0.717) is 6.04 Å². The van der Waals surface area contributed by atoms with Gasteiger partial charge in [-0.1, -0.05) is 17.7 Å². The maximum Gasteiger partial charge on any atom is 0.103 e. The Hall–Kier alpha value is -1.71. The first-order chi connectivity index (χ1) is 10.2. The lowest BCUT2D eigenvalue weighted by Crippen LogP contribution is -2.25. The number of H-pyrrole nitrogens is 1. The van der Waals surface area contributed by atoms with E-state index in [1.807, 2.05) is 30.5 Å². The molecule has 21 heavy (non-hydrogen) atoms. The van der Waals surface area contributed by atoms with Crippen molar-refractivity contribution in [2.24, 2.45) is 0 Å². The minimum absolute atomic E-state index is 0.437. The number of aryl methyl sites for hydroxylation is 1. The van der Waals surface area contributed by atoms with E-state index in [-0.39, 0.29) is 0 Å². The van der Waals surface area contributed by atoms with Gasteiger partial charge < -0.3 is 14.7 Å². The third kappa shape index (κ3) is 3.49. The Morgan fingerprint density at radius 2 is 2.24 bits per heavy atom. The summed E-state index contributed by atoms with van der Waals surface area (Å²) < 4.78 is 5.36. The zero-order valence-electron chi connectivity index (χ0n) is 12.0. The quantitative estimate of drug-likeness (QED) is 0.702. The molecule has 0 aliphatic rings. The first-order valence-corrected chi connectivity index (χ1v) is 7.61. The first-order valence-electron chi connectivity index (χ1n) is 7.23. The van der Waals surface area contributed by atoms with E-state index in [0.717, 1.165) is 35.7 Å². The normalized spacial score (nSPS) is 12.9. The highest BCUT2D eigenvalue weighted by molar-refractivity contribution is 6.31. The number of fused-ring (bicyclic) bond motifs is 1. The molecule has 0 bridgehead atoms. The van der Waals surface area contributed by atoms with Gasteiger partial charge in [-0.3, -0.25) is 0 Å². The van der Waals surface area contributed by atoms with Crippen LogP contribution in [-0.2, 0) is 13.0 Å². The summed E-state index contributed by atoms with van der Waals surface area (Å²) in [6.45, 7) is 3.05. The largest absolute Gasteiger partial charge is 0.469 e. The average molecular weight is 303 g/mol. The fraction of sp³-hybridized carbons (Fsp3) is 0.294. The Bertz CT molecular complexity index is 703. The molecule has 0 radical (unpaired) electrons. The zero-order chi connectivity index (χ0) is 14.7. The Balaban J connectivity index is 1.56. The Morgan fingerprint density at radius 1 is 1.33 bits per heavy atom. The molecule has 2 aromatic heterocycles.